The molecule has 2 aromatic rings. The highest BCUT2D eigenvalue weighted by Crippen LogP contribution is 2.16. The van der Waals surface area contributed by atoms with Gasteiger partial charge in [-0.25, -0.2) is 4.98 Å². The maximum absolute atomic E-state index is 12.4. The topological polar surface area (TPSA) is 49.0 Å². The van der Waals surface area contributed by atoms with Crippen LogP contribution in [0.5, 0.6) is 0 Å². The molecule has 0 amide bonds. The van der Waals surface area contributed by atoms with Crippen molar-refractivity contribution in [3.63, 3.8) is 0 Å². The van der Waals surface area contributed by atoms with Gasteiger partial charge in [0.05, 0.1) is 0 Å². The number of piperidine rings is 1. The maximum Gasteiger partial charge on any atom is 0.255 e. The summed E-state index contributed by atoms with van der Waals surface area (Å²) < 4.78 is 0. The predicted octanol–water partition coefficient (Wildman–Crippen LogP) is 3.25. The summed E-state index contributed by atoms with van der Waals surface area (Å²) in [6.45, 7) is 5.42. The molecule has 0 spiro atoms. The van der Waals surface area contributed by atoms with E-state index < -0.39 is 0 Å². The lowest BCUT2D eigenvalue weighted by Crippen LogP contribution is -2.31. The molecule has 0 bridgehead atoms. The molecule has 128 valence electrons. The number of likely N-dealkylation sites (tertiary alicyclic amines) is 1. The first-order valence-electron chi connectivity index (χ1n) is 8.71. The number of aromatic amines is 1. The van der Waals surface area contributed by atoms with Crippen LogP contribution in [0.3, 0.4) is 0 Å². The highest BCUT2D eigenvalue weighted by atomic mass is 32.2. The summed E-state index contributed by atoms with van der Waals surface area (Å²) in [7, 11) is 0. The summed E-state index contributed by atoms with van der Waals surface area (Å²) in [5, 5.41) is 0.742. The van der Waals surface area contributed by atoms with E-state index in [4.69, 9.17) is 0 Å². The van der Waals surface area contributed by atoms with Gasteiger partial charge >= 0.3 is 0 Å². The second-order valence-electron chi connectivity index (χ2n) is 6.35. The number of benzene rings is 1. The highest BCUT2D eigenvalue weighted by Gasteiger charge is 2.12. The first kappa shape index (κ1) is 17.2. The largest absolute Gasteiger partial charge is 0.303 e. The van der Waals surface area contributed by atoms with Crippen LogP contribution in [-0.4, -0.2) is 40.3 Å². The Hall–Kier alpha value is -1.59. The Kier molecular flexibility index (Phi) is 6.10. The van der Waals surface area contributed by atoms with Crippen LogP contribution in [0.25, 0.3) is 0 Å². The second-order valence-corrected chi connectivity index (χ2v) is 7.43. The van der Waals surface area contributed by atoms with Crippen LogP contribution in [0.1, 0.15) is 36.1 Å². The fraction of sp³-hybridized carbons (Fsp3) is 0.474. The molecular formula is C19H25N3OS. The average molecular weight is 343 g/mol. The molecule has 1 aliphatic rings. The molecule has 0 radical (unpaired) electrons. The van der Waals surface area contributed by atoms with Crippen LogP contribution >= 0.6 is 11.8 Å². The Morgan fingerprint density at radius 1 is 1.17 bits per heavy atom. The minimum Gasteiger partial charge on any atom is -0.303 e. The summed E-state index contributed by atoms with van der Waals surface area (Å²) in [6.07, 6.45) is 4.62. The zero-order chi connectivity index (χ0) is 16.8. The van der Waals surface area contributed by atoms with Crippen molar-refractivity contribution >= 4 is 11.8 Å². The number of hydrogen-bond acceptors (Lipinski definition) is 4. The van der Waals surface area contributed by atoms with Crippen molar-refractivity contribution in [3.05, 3.63) is 57.5 Å². The molecule has 1 aromatic carbocycles. The van der Waals surface area contributed by atoms with Gasteiger partial charge in [0, 0.05) is 30.0 Å². The van der Waals surface area contributed by atoms with E-state index in [-0.39, 0.29) is 5.56 Å². The van der Waals surface area contributed by atoms with Crippen molar-refractivity contribution in [3.8, 4) is 0 Å². The van der Waals surface area contributed by atoms with Crippen LogP contribution < -0.4 is 5.56 Å². The molecule has 1 aromatic heterocycles. The molecule has 1 fully saturated rings. The van der Waals surface area contributed by atoms with Gasteiger partial charge in [0.15, 0.2) is 5.16 Å². The first-order valence-corrected chi connectivity index (χ1v) is 9.70. The molecular weight excluding hydrogens is 318 g/mol. The number of nitrogens with one attached hydrogen (secondary N) is 1. The van der Waals surface area contributed by atoms with Gasteiger partial charge in [-0.05, 0) is 38.4 Å². The summed E-state index contributed by atoms with van der Waals surface area (Å²) in [6, 6.07) is 10.1. The van der Waals surface area contributed by atoms with Crippen LogP contribution in [0.2, 0.25) is 0 Å². The van der Waals surface area contributed by atoms with Gasteiger partial charge in [-0.3, -0.25) is 4.79 Å². The molecule has 1 aliphatic heterocycles. The molecule has 0 aliphatic carbocycles. The number of nitrogens with zero attached hydrogens (tertiary/aromatic N) is 2. The Morgan fingerprint density at radius 3 is 2.62 bits per heavy atom. The SMILES string of the molecule is Cc1nc(SCCN2CCCCC2)[nH]c(=O)c1Cc1ccccc1. The molecule has 4 nitrogen and oxygen atoms in total. The lowest BCUT2D eigenvalue weighted by Gasteiger charge is -2.25. The van der Waals surface area contributed by atoms with E-state index in [9.17, 15) is 4.79 Å². The maximum atomic E-state index is 12.4. The van der Waals surface area contributed by atoms with Crippen molar-refractivity contribution in [2.75, 3.05) is 25.4 Å². The summed E-state index contributed by atoms with van der Waals surface area (Å²) in [5.74, 6) is 0.973. The quantitative estimate of drug-likeness (QED) is 0.646. The number of thioether (sulfide) groups is 1. The Morgan fingerprint density at radius 2 is 1.92 bits per heavy atom. The standard InChI is InChI=1S/C19H25N3OS/c1-15-17(14-16-8-4-2-5-9-16)18(23)21-19(20-15)24-13-12-22-10-6-3-7-11-22/h2,4-5,8-9H,3,6-7,10-14H2,1H3,(H,20,21,23). The minimum absolute atomic E-state index is 0.00757. The van der Waals surface area contributed by atoms with Gasteiger partial charge in [0.25, 0.3) is 5.56 Å². The summed E-state index contributed by atoms with van der Waals surface area (Å²) in [5.41, 5.74) is 2.73. The van der Waals surface area contributed by atoms with E-state index in [1.165, 1.54) is 32.4 Å². The van der Waals surface area contributed by atoms with Crippen molar-refractivity contribution in [2.24, 2.45) is 0 Å². The van der Waals surface area contributed by atoms with Crippen molar-refractivity contribution in [2.45, 2.75) is 37.8 Å². The fourth-order valence-corrected chi connectivity index (χ4v) is 4.02. The monoisotopic (exact) mass is 343 g/mol. The summed E-state index contributed by atoms with van der Waals surface area (Å²) in [4.78, 5) is 22.5. The lowest BCUT2D eigenvalue weighted by atomic mass is 10.1. The van der Waals surface area contributed by atoms with Crippen molar-refractivity contribution < 1.29 is 0 Å². The Bertz CT molecular complexity index is 708. The Balaban J connectivity index is 1.60. The third-order valence-corrected chi connectivity index (χ3v) is 5.37. The van der Waals surface area contributed by atoms with Gasteiger partial charge < -0.3 is 9.88 Å². The zero-order valence-corrected chi connectivity index (χ0v) is 15.1. The normalized spacial score (nSPS) is 15.5. The smallest absolute Gasteiger partial charge is 0.255 e. The van der Waals surface area contributed by atoms with Crippen molar-refractivity contribution in [1.82, 2.24) is 14.9 Å². The van der Waals surface area contributed by atoms with E-state index in [1.54, 1.807) is 11.8 Å². The van der Waals surface area contributed by atoms with Crippen LogP contribution in [0, 0.1) is 6.92 Å². The second kappa shape index (κ2) is 8.49. The zero-order valence-electron chi connectivity index (χ0n) is 14.3. The molecule has 3 rings (SSSR count). The molecule has 0 unspecified atom stereocenters. The van der Waals surface area contributed by atoms with Crippen molar-refractivity contribution in [1.29, 1.82) is 0 Å². The van der Waals surface area contributed by atoms with E-state index >= 15 is 0 Å². The molecule has 5 heteroatoms. The van der Waals surface area contributed by atoms with Gasteiger partial charge in [-0.2, -0.15) is 0 Å². The summed E-state index contributed by atoms with van der Waals surface area (Å²) >= 11 is 1.65. The van der Waals surface area contributed by atoms with Crippen LogP contribution in [0.4, 0.5) is 0 Å². The number of hydrogen-bond donors (Lipinski definition) is 1. The van der Waals surface area contributed by atoms with Gasteiger partial charge in [0.2, 0.25) is 0 Å². The lowest BCUT2D eigenvalue weighted by molar-refractivity contribution is 0.242. The van der Waals surface area contributed by atoms with E-state index in [0.717, 1.165) is 34.3 Å². The number of rotatable bonds is 6. The number of H-pyrrole nitrogens is 1. The van der Waals surface area contributed by atoms with E-state index in [2.05, 4.69) is 14.9 Å². The highest BCUT2D eigenvalue weighted by molar-refractivity contribution is 7.99. The van der Waals surface area contributed by atoms with Gasteiger partial charge in [-0.1, -0.05) is 48.5 Å². The molecule has 24 heavy (non-hydrogen) atoms. The number of aromatic nitrogens is 2. The fourth-order valence-electron chi connectivity index (χ4n) is 3.12. The van der Waals surface area contributed by atoms with Gasteiger partial charge in [-0.15, -0.1) is 0 Å². The molecule has 1 N–H and O–H groups in total. The first-order chi connectivity index (χ1) is 11.7. The Labute approximate surface area is 147 Å². The van der Waals surface area contributed by atoms with Crippen LogP contribution in [-0.2, 0) is 6.42 Å². The third kappa shape index (κ3) is 4.71. The molecule has 1 saturated heterocycles. The predicted molar refractivity (Wildman–Crippen MR) is 99.9 cm³/mol. The minimum atomic E-state index is -0.00757. The molecule has 2 heterocycles. The van der Waals surface area contributed by atoms with E-state index in [1.807, 2.05) is 37.3 Å². The number of aryl methyl sites for hydroxylation is 1. The molecule has 0 atom stereocenters. The molecule has 0 saturated carbocycles. The van der Waals surface area contributed by atoms with Gasteiger partial charge in [0.1, 0.15) is 0 Å². The van der Waals surface area contributed by atoms with Crippen LogP contribution in [0.15, 0.2) is 40.3 Å². The average Bonchev–Trinajstić information content (AvgIpc) is 2.60. The third-order valence-electron chi connectivity index (χ3n) is 4.52. The van der Waals surface area contributed by atoms with E-state index in [0.29, 0.717) is 6.42 Å².